The summed E-state index contributed by atoms with van der Waals surface area (Å²) < 4.78 is 5.45. The van der Waals surface area contributed by atoms with E-state index in [0.29, 0.717) is 18.1 Å². The minimum absolute atomic E-state index is 0.204. The van der Waals surface area contributed by atoms with Gasteiger partial charge >= 0.3 is 6.09 Å². The van der Waals surface area contributed by atoms with Crippen LogP contribution in [-0.4, -0.2) is 35.2 Å². The summed E-state index contributed by atoms with van der Waals surface area (Å²) in [5, 5.41) is 0. The molecule has 9 nitrogen and oxygen atoms in total. The first-order valence-corrected chi connectivity index (χ1v) is 10.8. The maximum atomic E-state index is 12.7. The first-order chi connectivity index (χ1) is 14.6. The molecule has 2 amide bonds. The van der Waals surface area contributed by atoms with E-state index in [4.69, 9.17) is 21.2 Å². The zero-order valence-corrected chi connectivity index (χ0v) is 18.4. The van der Waals surface area contributed by atoms with Gasteiger partial charge in [0.1, 0.15) is 11.3 Å². The Labute approximate surface area is 182 Å². The minimum Gasteiger partial charge on any atom is -0.443 e. The van der Waals surface area contributed by atoms with Gasteiger partial charge in [-0.2, -0.15) is 4.99 Å². The highest BCUT2D eigenvalue weighted by molar-refractivity contribution is 6.14. The molecule has 4 rings (SSSR count). The summed E-state index contributed by atoms with van der Waals surface area (Å²) in [4.78, 5) is 37.2. The highest BCUT2D eigenvalue weighted by atomic mass is 16.6. The van der Waals surface area contributed by atoms with Crippen LogP contribution in [0, 0.1) is 0 Å². The van der Waals surface area contributed by atoms with Crippen LogP contribution in [0.3, 0.4) is 0 Å². The number of carbonyl (C=O) groups is 2. The minimum atomic E-state index is -0.696. The summed E-state index contributed by atoms with van der Waals surface area (Å²) in [5.74, 6) is 0.246. The van der Waals surface area contributed by atoms with Crippen molar-refractivity contribution >= 4 is 35.3 Å². The normalized spacial score (nSPS) is 20.8. The molecule has 0 bridgehead atoms. The van der Waals surface area contributed by atoms with Crippen LogP contribution in [0.25, 0.3) is 0 Å². The number of guanidine groups is 2. The van der Waals surface area contributed by atoms with Gasteiger partial charge in [-0.1, -0.05) is 6.42 Å². The molecule has 3 aliphatic rings. The average molecular weight is 427 g/mol. The molecule has 0 atom stereocenters. The molecular formula is C22H30N6O3. The maximum Gasteiger partial charge on any atom is 0.421 e. The summed E-state index contributed by atoms with van der Waals surface area (Å²) in [6, 6.07) is 5.59. The van der Waals surface area contributed by atoms with Crippen LogP contribution in [0.2, 0.25) is 0 Å². The van der Waals surface area contributed by atoms with Crippen molar-refractivity contribution in [3.8, 4) is 0 Å². The average Bonchev–Trinajstić information content (AvgIpc) is 2.66. The number of aliphatic imine (C=N–C) groups is 2. The van der Waals surface area contributed by atoms with E-state index >= 15 is 0 Å². The molecule has 0 saturated heterocycles. The fourth-order valence-electron chi connectivity index (χ4n) is 4.62. The van der Waals surface area contributed by atoms with Crippen LogP contribution in [0.5, 0.6) is 0 Å². The van der Waals surface area contributed by atoms with Crippen LogP contribution in [0.1, 0.15) is 64.9 Å². The van der Waals surface area contributed by atoms with Crippen molar-refractivity contribution in [3.63, 3.8) is 0 Å². The second-order valence-electron chi connectivity index (χ2n) is 9.34. The van der Waals surface area contributed by atoms with Crippen molar-refractivity contribution in [2.45, 2.75) is 77.0 Å². The summed E-state index contributed by atoms with van der Waals surface area (Å²) in [6.07, 6.45) is 5.00. The molecule has 2 aliphatic heterocycles. The molecule has 1 saturated carbocycles. The monoisotopic (exact) mass is 426 g/mol. The predicted molar refractivity (Wildman–Crippen MR) is 120 cm³/mol. The van der Waals surface area contributed by atoms with E-state index in [-0.39, 0.29) is 18.3 Å². The molecule has 0 unspecified atom stereocenters. The number of nitrogens with zero attached hydrogens (tertiary/aromatic N) is 4. The molecule has 0 radical (unpaired) electrons. The van der Waals surface area contributed by atoms with Gasteiger partial charge in [0, 0.05) is 12.1 Å². The van der Waals surface area contributed by atoms with Gasteiger partial charge in [-0.15, -0.1) is 0 Å². The number of aryl methyl sites for hydroxylation is 1. The lowest BCUT2D eigenvalue weighted by molar-refractivity contribution is -0.118. The second kappa shape index (κ2) is 7.55. The second-order valence-corrected chi connectivity index (χ2v) is 9.34. The molecule has 1 fully saturated rings. The van der Waals surface area contributed by atoms with Gasteiger partial charge in [0.15, 0.2) is 0 Å². The number of benzene rings is 1. The van der Waals surface area contributed by atoms with E-state index in [1.165, 1.54) is 0 Å². The summed E-state index contributed by atoms with van der Waals surface area (Å²) >= 11 is 0. The summed E-state index contributed by atoms with van der Waals surface area (Å²) in [6.45, 7) is 5.33. The Balaban J connectivity index is 1.72. The lowest BCUT2D eigenvalue weighted by Gasteiger charge is -2.46. The van der Waals surface area contributed by atoms with E-state index in [1.54, 1.807) is 26.8 Å². The molecular weight excluding hydrogens is 396 g/mol. The van der Waals surface area contributed by atoms with Crippen molar-refractivity contribution in [1.29, 1.82) is 0 Å². The Morgan fingerprint density at radius 1 is 1.13 bits per heavy atom. The molecule has 9 heteroatoms. The number of ether oxygens (including phenoxy) is 1. The number of hydrogen-bond donors (Lipinski definition) is 2. The van der Waals surface area contributed by atoms with Gasteiger partial charge in [0.25, 0.3) is 0 Å². The van der Waals surface area contributed by atoms with E-state index < -0.39 is 17.4 Å². The quantitative estimate of drug-likeness (QED) is 0.711. The van der Waals surface area contributed by atoms with Crippen molar-refractivity contribution in [1.82, 2.24) is 0 Å². The first kappa shape index (κ1) is 21.1. The lowest BCUT2D eigenvalue weighted by atomic mass is 9.87. The maximum absolute atomic E-state index is 12.7. The molecule has 1 aromatic rings. The van der Waals surface area contributed by atoms with E-state index in [2.05, 4.69) is 4.99 Å². The largest absolute Gasteiger partial charge is 0.443 e. The summed E-state index contributed by atoms with van der Waals surface area (Å²) in [5.41, 5.74) is 13.3. The SMILES string of the molecule is CC(C)(C)OC(=O)N1C(=O)CCc2cc(N3C(N)=NC(N)=NC34CCCCC4)ccc21. The topological polar surface area (TPSA) is 127 Å². The number of carbonyl (C=O) groups excluding carboxylic acids is 2. The number of nitrogens with two attached hydrogens (primary N) is 2. The Morgan fingerprint density at radius 2 is 1.84 bits per heavy atom. The molecule has 1 aliphatic carbocycles. The molecule has 4 N–H and O–H groups in total. The van der Waals surface area contributed by atoms with Gasteiger partial charge in [-0.25, -0.2) is 14.7 Å². The summed E-state index contributed by atoms with van der Waals surface area (Å²) in [7, 11) is 0. The Kier molecular flexibility index (Phi) is 5.15. The molecule has 1 aromatic carbocycles. The molecule has 31 heavy (non-hydrogen) atoms. The fraction of sp³-hybridized carbons (Fsp3) is 0.545. The Hall–Kier alpha value is -3.10. The fourth-order valence-corrected chi connectivity index (χ4v) is 4.62. The zero-order valence-electron chi connectivity index (χ0n) is 18.4. The standard InChI is InChI=1S/C22H30N6O3/c1-21(2,3)31-20(30)27-16-9-8-15(13-14(16)7-10-17(27)29)28-19(24)25-18(23)26-22(28)11-5-4-6-12-22/h8-9,13H,4-7,10-12H2,1-3H3,(H4,23,24,25,26). The number of hydrogen-bond acceptors (Lipinski definition) is 8. The smallest absolute Gasteiger partial charge is 0.421 e. The van der Waals surface area contributed by atoms with Crippen molar-refractivity contribution in [2.75, 3.05) is 9.80 Å². The highest BCUT2D eigenvalue weighted by Crippen LogP contribution is 2.41. The van der Waals surface area contributed by atoms with E-state index in [1.807, 2.05) is 17.0 Å². The number of fused-ring (bicyclic) bond motifs is 1. The van der Waals surface area contributed by atoms with Gasteiger partial charge in [-0.3, -0.25) is 9.69 Å². The third-order valence-corrected chi connectivity index (χ3v) is 5.85. The number of imide groups is 1. The Morgan fingerprint density at radius 3 is 2.52 bits per heavy atom. The van der Waals surface area contributed by atoms with Crippen molar-refractivity contribution < 1.29 is 14.3 Å². The Bertz CT molecular complexity index is 972. The van der Waals surface area contributed by atoms with Gasteiger partial charge in [-0.05, 0) is 76.6 Å². The predicted octanol–water partition coefficient (Wildman–Crippen LogP) is 3.01. The van der Waals surface area contributed by atoms with E-state index in [0.717, 1.165) is 48.3 Å². The van der Waals surface area contributed by atoms with Crippen molar-refractivity contribution in [2.24, 2.45) is 21.5 Å². The third-order valence-electron chi connectivity index (χ3n) is 5.85. The van der Waals surface area contributed by atoms with Crippen molar-refractivity contribution in [3.05, 3.63) is 23.8 Å². The van der Waals surface area contributed by atoms with E-state index in [9.17, 15) is 9.59 Å². The number of amides is 2. The van der Waals surface area contributed by atoms with Gasteiger partial charge < -0.3 is 16.2 Å². The van der Waals surface area contributed by atoms with Gasteiger partial charge in [0.05, 0.1) is 5.69 Å². The number of rotatable bonds is 1. The number of anilines is 2. The van der Waals surface area contributed by atoms with Crippen LogP contribution >= 0.6 is 0 Å². The molecule has 166 valence electrons. The van der Waals surface area contributed by atoms with Crippen LogP contribution in [0.15, 0.2) is 28.2 Å². The molecule has 1 spiro atoms. The van der Waals surface area contributed by atoms with Gasteiger partial charge in [0.2, 0.25) is 17.8 Å². The highest BCUT2D eigenvalue weighted by Gasteiger charge is 2.43. The molecule has 2 heterocycles. The lowest BCUT2D eigenvalue weighted by Crippen LogP contribution is -2.58. The van der Waals surface area contributed by atoms with Crippen LogP contribution in [-0.2, 0) is 16.0 Å². The first-order valence-electron chi connectivity index (χ1n) is 10.8. The van der Waals surface area contributed by atoms with Crippen LogP contribution in [0.4, 0.5) is 16.2 Å². The molecule has 0 aromatic heterocycles. The third kappa shape index (κ3) is 3.96. The zero-order chi connectivity index (χ0) is 22.4. The van der Waals surface area contributed by atoms with Crippen LogP contribution < -0.4 is 21.3 Å².